The number of benzene rings is 1. The molecule has 2 bridgehead atoms. The average Bonchev–Trinajstić information content (AvgIpc) is 3.25. The molecule has 3 unspecified atom stereocenters. The Bertz CT molecular complexity index is 645. The minimum Gasteiger partial charge on any atom is -0.384 e. The van der Waals surface area contributed by atoms with Gasteiger partial charge in [-0.1, -0.05) is 12.2 Å². The summed E-state index contributed by atoms with van der Waals surface area (Å²) in [5.41, 5.74) is 2.54. The van der Waals surface area contributed by atoms with Crippen molar-refractivity contribution >= 4 is 5.69 Å². The predicted octanol–water partition coefficient (Wildman–Crippen LogP) is 3.80. The molecule has 0 aromatic heterocycles. The molecule has 2 aliphatic carbocycles. The molecule has 2 heterocycles. The van der Waals surface area contributed by atoms with Crippen LogP contribution >= 0.6 is 0 Å². The standard InChI is InChI=1S/C20H25FN2/c21-17-3-4-19-18(11-17)20(13-22-19)5-7-23(8-6-20)12-16-10-14-1-2-15(16)9-14/h1-4,11,14-16,22H,5-10,12-13H2. The summed E-state index contributed by atoms with van der Waals surface area (Å²) >= 11 is 0. The van der Waals surface area contributed by atoms with Crippen LogP contribution in [0.25, 0.3) is 0 Å². The average molecular weight is 312 g/mol. The third-order valence-electron chi connectivity index (χ3n) is 6.89. The van der Waals surface area contributed by atoms with Gasteiger partial charge in [0.1, 0.15) is 5.82 Å². The van der Waals surface area contributed by atoms with Gasteiger partial charge in [-0.2, -0.15) is 0 Å². The summed E-state index contributed by atoms with van der Waals surface area (Å²) in [4.78, 5) is 2.67. The summed E-state index contributed by atoms with van der Waals surface area (Å²) in [6.45, 7) is 4.58. The zero-order chi connectivity index (χ0) is 15.4. The fourth-order valence-electron chi connectivity index (χ4n) is 5.51. The molecule has 1 aromatic rings. The van der Waals surface area contributed by atoms with Gasteiger partial charge in [-0.15, -0.1) is 0 Å². The second kappa shape index (κ2) is 5.07. The lowest BCUT2D eigenvalue weighted by atomic mass is 9.74. The van der Waals surface area contributed by atoms with Gasteiger partial charge in [-0.05, 0) is 80.3 Å². The molecule has 3 heteroatoms. The number of nitrogens with one attached hydrogen (secondary N) is 1. The molecule has 122 valence electrons. The van der Waals surface area contributed by atoms with Crippen molar-refractivity contribution in [3.63, 3.8) is 0 Å². The van der Waals surface area contributed by atoms with Crippen LogP contribution in [0, 0.1) is 23.6 Å². The van der Waals surface area contributed by atoms with Crippen LogP contribution in [0.5, 0.6) is 0 Å². The Morgan fingerprint density at radius 2 is 2.04 bits per heavy atom. The summed E-state index contributed by atoms with van der Waals surface area (Å²) in [6, 6.07) is 5.25. The molecule has 5 rings (SSSR count). The van der Waals surface area contributed by atoms with E-state index in [2.05, 4.69) is 22.4 Å². The number of hydrogen-bond donors (Lipinski definition) is 1. The van der Waals surface area contributed by atoms with E-state index in [0.29, 0.717) is 0 Å². The lowest BCUT2D eigenvalue weighted by Crippen LogP contribution is -2.45. The Morgan fingerprint density at radius 1 is 1.17 bits per heavy atom. The van der Waals surface area contributed by atoms with Crippen LogP contribution in [0.4, 0.5) is 10.1 Å². The first-order chi connectivity index (χ1) is 11.2. The number of hydrogen-bond acceptors (Lipinski definition) is 2. The quantitative estimate of drug-likeness (QED) is 0.836. The van der Waals surface area contributed by atoms with Gasteiger partial charge < -0.3 is 10.2 Å². The van der Waals surface area contributed by atoms with E-state index in [1.807, 2.05) is 6.07 Å². The molecule has 2 fully saturated rings. The fraction of sp³-hybridized carbons (Fsp3) is 0.600. The number of piperidine rings is 1. The summed E-state index contributed by atoms with van der Waals surface area (Å²) in [6.07, 6.45) is 10.0. The molecule has 3 atom stereocenters. The number of likely N-dealkylation sites (tertiary alicyclic amines) is 1. The molecule has 2 aliphatic heterocycles. The van der Waals surface area contributed by atoms with Gasteiger partial charge in [0.15, 0.2) is 0 Å². The molecule has 1 N–H and O–H groups in total. The van der Waals surface area contributed by atoms with E-state index in [1.54, 1.807) is 12.1 Å². The van der Waals surface area contributed by atoms with E-state index in [0.717, 1.165) is 55.9 Å². The van der Waals surface area contributed by atoms with Crippen LogP contribution in [0.3, 0.4) is 0 Å². The SMILES string of the molecule is Fc1ccc2c(c1)C1(CCN(CC3CC4C=CC3C4)CC1)CN2. The Morgan fingerprint density at radius 3 is 2.78 bits per heavy atom. The van der Waals surface area contributed by atoms with E-state index in [9.17, 15) is 4.39 Å². The first-order valence-electron chi connectivity index (χ1n) is 9.16. The van der Waals surface area contributed by atoms with Gasteiger partial charge in [0.2, 0.25) is 0 Å². The maximum atomic E-state index is 13.7. The van der Waals surface area contributed by atoms with Crippen LogP contribution in [-0.2, 0) is 5.41 Å². The minimum atomic E-state index is -0.0944. The highest BCUT2D eigenvalue weighted by Crippen LogP contribution is 2.46. The maximum absolute atomic E-state index is 13.7. The number of allylic oxidation sites excluding steroid dienone is 2. The molecule has 1 saturated carbocycles. The molecular weight excluding hydrogens is 287 g/mol. The summed E-state index contributed by atoms with van der Waals surface area (Å²) in [7, 11) is 0. The van der Waals surface area contributed by atoms with Gasteiger partial charge in [0, 0.05) is 24.2 Å². The number of rotatable bonds is 2. The minimum absolute atomic E-state index is 0.0944. The highest BCUT2D eigenvalue weighted by Gasteiger charge is 2.43. The van der Waals surface area contributed by atoms with Gasteiger partial charge in [-0.3, -0.25) is 0 Å². The monoisotopic (exact) mass is 312 g/mol. The molecule has 4 aliphatic rings. The van der Waals surface area contributed by atoms with Crippen LogP contribution < -0.4 is 5.32 Å². The Hall–Kier alpha value is -1.35. The normalized spacial score (nSPS) is 34.0. The van der Waals surface area contributed by atoms with Crippen molar-refractivity contribution in [2.24, 2.45) is 17.8 Å². The van der Waals surface area contributed by atoms with E-state index in [4.69, 9.17) is 0 Å². The van der Waals surface area contributed by atoms with Gasteiger partial charge >= 0.3 is 0 Å². The smallest absolute Gasteiger partial charge is 0.123 e. The number of anilines is 1. The molecule has 1 spiro atoms. The Kier molecular flexibility index (Phi) is 3.09. The highest BCUT2D eigenvalue weighted by molar-refractivity contribution is 5.60. The number of fused-ring (bicyclic) bond motifs is 4. The van der Waals surface area contributed by atoms with E-state index < -0.39 is 0 Å². The zero-order valence-corrected chi connectivity index (χ0v) is 13.6. The Balaban J connectivity index is 1.27. The summed E-state index contributed by atoms with van der Waals surface area (Å²) in [5, 5.41) is 3.50. The second-order valence-electron chi connectivity index (χ2n) is 8.16. The lowest BCUT2D eigenvalue weighted by molar-refractivity contribution is 0.140. The Labute approximate surface area is 137 Å². The van der Waals surface area contributed by atoms with Gasteiger partial charge in [0.05, 0.1) is 0 Å². The second-order valence-corrected chi connectivity index (χ2v) is 8.16. The van der Waals surface area contributed by atoms with Gasteiger partial charge in [-0.25, -0.2) is 4.39 Å². The van der Waals surface area contributed by atoms with Crippen LogP contribution in [-0.4, -0.2) is 31.1 Å². The van der Waals surface area contributed by atoms with Crippen molar-refractivity contribution in [2.45, 2.75) is 31.1 Å². The molecule has 2 nitrogen and oxygen atoms in total. The molecule has 0 amide bonds. The number of halogens is 1. The maximum Gasteiger partial charge on any atom is 0.123 e. The van der Waals surface area contributed by atoms with Crippen molar-refractivity contribution in [3.05, 3.63) is 41.7 Å². The third kappa shape index (κ3) is 2.24. The predicted molar refractivity (Wildman–Crippen MR) is 91.1 cm³/mol. The van der Waals surface area contributed by atoms with Crippen LogP contribution in [0.1, 0.15) is 31.2 Å². The first-order valence-corrected chi connectivity index (χ1v) is 9.16. The highest BCUT2D eigenvalue weighted by atomic mass is 19.1. The largest absolute Gasteiger partial charge is 0.384 e. The number of nitrogens with zero attached hydrogens (tertiary/aromatic N) is 1. The van der Waals surface area contributed by atoms with E-state index in [1.165, 1.54) is 24.9 Å². The van der Waals surface area contributed by atoms with Crippen molar-refractivity contribution in [1.82, 2.24) is 4.90 Å². The van der Waals surface area contributed by atoms with E-state index in [-0.39, 0.29) is 11.2 Å². The summed E-state index contributed by atoms with van der Waals surface area (Å²) in [5.74, 6) is 2.50. The van der Waals surface area contributed by atoms with Crippen LogP contribution in [0.2, 0.25) is 0 Å². The zero-order valence-electron chi connectivity index (χ0n) is 13.6. The van der Waals surface area contributed by atoms with Gasteiger partial charge in [0.25, 0.3) is 0 Å². The lowest BCUT2D eigenvalue weighted by Gasteiger charge is -2.40. The van der Waals surface area contributed by atoms with Crippen molar-refractivity contribution in [3.8, 4) is 0 Å². The van der Waals surface area contributed by atoms with Crippen molar-refractivity contribution in [2.75, 3.05) is 31.5 Å². The van der Waals surface area contributed by atoms with E-state index >= 15 is 0 Å². The van der Waals surface area contributed by atoms with Crippen molar-refractivity contribution < 1.29 is 4.39 Å². The first kappa shape index (κ1) is 14.0. The third-order valence-corrected chi connectivity index (χ3v) is 6.89. The topological polar surface area (TPSA) is 15.3 Å². The van der Waals surface area contributed by atoms with Crippen molar-refractivity contribution in [1.29, 1.82) is 0 Å². The van der Waals surface area contributed by atoms with Crippen LogP contribution in [0.15, 0.2) is 30.4 Å². The molecule has 1 aromatic carbocycles. The summed E-state index contributed by atoms with van der Waals surface area (Å²) < 4.78 is 13.7. The molecule has 23 heavy (non-hydrogen) atoms. The molecular formula is C20H25FN2. The fourth-order valence-corrected chi connectivity index (χ4v) is 5.51. The molecule has 1 saturated heterocycles. The molecule has 0 radical (unpaired) electrons.